The number of carbonyl (C=O) groups excluding carboxylic acids is 1. The lowest BCUT2D eigenvalue weighted by atomic mass is 10.1. The molecule has 1 aliphatic heterocycles. The van der Waals surface area contributed by atoms with E-state index in [2.05, 4.69) is 30.6 Å². The Morgan fingerprint density at radius 1 is 1.20 bits per heavy atom. The van der Waals surface area contributed by atoms with Gasteiger partial charge in [-0.05, 0) is 6.92 Å². The summed E-state index contributed by atoms with van der Waals surface area (Å²) in [5.41, 5.74) is 8.88. The summed E-state index contributed by atoms with van der Waals surface area (Å²) in [4.78, 5) is 35.4. The third-order valence-corrected chi connectivity index (χ3v) is 4.49. The fourth-order valence-electron chi connectivity index (χ4n) is 3.21. The largest absolute Gasteiger partial charge is 0.385 e. The standard InChI is InChI=1S/C19H21N9O2/c1-10-5-11(8-28(4)30-10)24-19-16(17(20)29)25-15(18(21-2)26-19)12-6-22-7-13-14(12)23-9-27(13)3/h5-9H,1-4H3,(H2,20,29)(H2,21,24,26). The number of amides is 1. The Balaban J connectivity index is 1.86. The molecule has 11 heteroatoms. The second-order valence-corrected chi connectivity index (χ2v) is 6.74. The number of aryl methyl sites for hydroxylation is 1. The Morgan fingerprint density at radius 2 is 2.00 bits per heavy atom. The molecule has 0 radical (unpaired) electrons. The van der Waals surface area contributed by atoms with Gasteiger partial charge in [0.05, 0.1) is 35.5 Å². The van der Waals surface area contributed by atoms with E-state index in [4.69, 9.17) is 10.6 Å². The van der Waals surface area contributed by atoms with E-state index >= 15 is 0 Å². The van der Waals surface area contributed by atoms with E-state index in [9.17, 15) is 4.79 Å². The van der Waals surface area contributed by atoms with Gasteiger partial charge in [0, 0.05) is 33.4 Å². The fourth-order valence-corrected chi connectivity index (χ4v) is 3.21. The van der Waals surface area contributed by atoms with Crippen molar-refractivity contribution in [2.45, 2.75) is 6.92 Å². The molecule has 0 aromatic carbocycles. The number of nitrogens with zero attached hydrogens (tertiary/aromatic N) is 6. The quantitative estimate of drug-likeness (QED) is 0.576. The molecule has 4 rings (SSSR count). The number of imidazole rings is 1. The van der Waals surface area contributed by atoms with Gasteiger partial charge in [-0.25, -0.2) is 20.0 Å². The monoisotopic (exact) mass is 407 g/mol. The molecule has 0 bridgehead atoms. The molecule has 4 N–H and O–H groups in total. The number of allylic oxidation sites excluding steroid dienone is 2. The number of primary amides is 1. The molecule has 0 spiro atoms. The number of hydrogen-bond donors (Lipinski definition) is 3. The van der Waals surface area contributed by atoms with E-state index in [0.29, 0.717) is 34.0 Å². The molecule has 0 saturated heterocycles. The second-order valence-electron chi connectivity index (χ2n) is 6.74. The minimum absolute atomic E-state index is 0.00182. The average molecular weight is 407 g/mol. The normalized spacial score (nSPS) is 13.5. The maximum atomic E-state index is 12.2. The summed E-state index contributed by atoms with van der Waals surface area (Å²) in [5.74, 6) is 0.637. The molecule has 1 aliphatic rings. The van der Waals surface area contributed by atoms with Crippen LogP contribution in [0.2, 0.25) is 0 Å². The molecule has 154 valence electrons. The lowest BCUT2D eigenvalue weighted by Gasteiger charge is -2.22. The van der Waals surface area contributed by atoms with E-state index in [1.54, 1.807) is 45.1 Å². The molecule has 0 atom stereocenters. The Morgan fingerprint density at radius 3 is 2.70 bits per heavy atom. The van der Waals surface area contributed by atoms with Gasteiger partial charge in [-0.3, -0.25) is 9.78 Å². The number of nitrogens with two attached hydrogens (primary N) is 1. The van der Waals surface area contributed by atoms with Gasteiger partial charge in [-0.15, -0.1) is 0 Å². The second kappa shape index (κ2) is 7.35. The number of aromatic nitrogens is 5. The Labute approximate surface area is 172 Å². The molecule has 1 amide bonds. The lowest BCUT2D eigenvalue weighted by Crippen LogP contribution is -2.21. The highest BCUT2D eigenvalue weighted by Crippen LogP contribution is 2.32. The zero-order valence-electron chi connectivity index (χ0n) is 17.0. The first-order valence-corrected chi connectivity index (χ1v) is 9.10. The van der Waals surface area contributed by atoms with Crippen molar-refractivity contribution >= 4 is 28.6 Å². The van der Waals surface area contributed by atoms with Crippen LogP contribution in [0.25, 0.3) is 22.3 Å². The van der Waals surface area contributed by atoms with Crippen LogP contribution >= 0.6 is 0 Å². The molecule has 0 unspecified atom stereocenters. The zero-order valence-corrected chi connectivity index (χ0v) is 17.0. The van der Waals surface area contributed by atoms with E-state index in [1.165, 1.54) is 5.06 Å². The predicted octanol–water partition coefficient (Wildman–Crippen LogP) is 1.60. The van der Waals surface area contributed by atoms with Gasteiger partial charge in [0.25, 0.3) is 5.91 Å². The number of fused-ring (bicyclic) bond motifs is 1. The van der Waals surface area contributed by atoms with Gasteiger partial charge in [0.1, 0.15) is 17.0 Å². The molecule has 0 aliphatic carbocycles. The maximum Gasteiger partial charge on any atom is 0.271 e. The Hall–Kier alpha value is -4.15. The van der Waals surface area contributed by atoms with Crippen LogP contribution in [0.15, 0.2) is 42.5 Å². The lowest BCUT2D eigenvalue weighted by molar-refractivity contribution is -0.0554. The molecule has 0 saturated carbocycles. The number of hydroxylamine groups is 2. The highest BCUT2D eigenvalue weighted by molar-refractivity contribution is 5.99. The first kappa shape index (κ1) is 19.2. The Kier molecular flexibility index (Phi) is 4.70. The van der Waals surface area contributed by atoms with Crippen LogP contribution in [0.3, 0.4) is 0 Å². The van der Waals surface area contributed by atoms with Crippen LogP contribution in [0.1, 0.15) is 17.4 Å². The summed E-state index contributed by atoms with van der Waals surface area (Å²) in [6.45, 7) is 1.81. The third kappa shape index (κ3) is 3.36. The molecule has 30 heavy (non-hydrogen) atoms. The number of anilines is 2. The van der Waals surface area contributed by atoms with Crippen molar-refractivity contribution in [1.82, 2.24) is 29.6 Å². The minimum Gasteiger partial charge on any atom is -0.385 e. The summed E-state index contributed by atoms with van der Waals surface area (Å²) in [6.07, 6.45) is 8.53. The SMILES string of the molecule is CNc1nc(NC2=CN(C)OC(C)=C2)c(C(N)=O)nc1-c1cncc2c1ncn2C. The van der Waals surface area contributed by atoms with Crippen LogP contribution in [0.5, 0.6) is 0 Å². The van der Waals surface area contributed by atoms with Crippen LogP contribution in [0.4, 0.5) is 11.6 Å². The third-order valence-electron chi connectivity index (χ3n) is 4.49. The van der Waals surface area contributed by atoms with Crippen molar-refractivity contribution in [2.75, 3.05) is 24.7 Å². The highest BCUT2D eigenvalue weighted by Gasteiger charge is 2.22. The Bertz CT molecular complexity index is 1210. The van der Waals surface area contributed by atoms with Gasteiger partial charge in [0.2, 0.25) is 0 Å². The number of pyridine rings is 1. The van der Waals surface area contributed by atoms with Gasteiger partial charge in [0.15, 0.2) is 17.3 Å². The van der Waals surface area contributed by atoms with Crippen LogP contribution in [0, 0.1) is 0 Å². The van der Waals surface area contributed by atoms with Gasteiger partial charge < -0.3 is 25.8 Å². The number of hydrogen-bond acceptors (Lipinski definition) is 9. The fraction of sp³-hybridized carbons (Fsp3) is 0.211. The zero-order chi connectivity index (χ0) is 21.4. The van der Waals surface area contributed by atoms with Crippen LogP contribution in [-0.4, -0.2) is 49.6 Å². The molecular weight excluding hydrogens is 386 g/mol. The molecule has 4 heterocycles. The van der Waals surface area contributed by atoms with Crippen LogP contribution < -0.4 is 16.4 Å². The van der Waals surface area contributed by atoms with Crippen LogP contribution in [-0.2, 0) is 11.9 Å². The molecular formula is C19H21N9O2. The van der Waals surface area contributed by atoms with Crippen molar-refractivity contribution < 1.29 is 9.63 Å². The highest BCUT2D eigenvalue weighted by atomic mass is 16.7. The predicted molar refractivity (Wildman–Crippen MR) is 112 cm³/mol. The smallest absolute Gasteiger partial charge is 0.271 e. The molecule has 3 aromatic heterocycles. The van der Waals surface area contributed by atoms with Gasteiger partial charge in [-0.2, -0.15) is 0 Å². The van der Waals surface area contributed by atoms with Crippen molar-refractivity contribution in [3.05, 3.63) is 48.1 Å². The van der Waals surface area contributed by atoms with Crippen molar-refractivity contribution in [1.29, 1.82) is 0 Å². The summed E-state index contributed by atoms with van der Waals surface area (Å²) in [7, 11) is 5.35. The molecule has 3 aromatic rings. The van der Waals surface area contributed by atoms with E-state index in [0.717, 1.165) is 5.52 Å². The van der Waals surface area contributed by atoms with E-state index < -0.39 is 5.91 Å². The van der Waals surface area contributed by atoms with E-state index in [-0.39, 0.29) is 11.5 Å². The van der Waals surface area contributed by atoms with Crippen molar-refractivity contribution in [3.8, 4) is 11.3 Å². The minimum atomic E-state index is -0.711. The first-order valence-electron chi connectivity index (χ1n) is 9.10. The van der Waals surface area contributed by atoms with E-state index in [1.807, 2.05) is 18.5 Å². The number of nitrogens with one attached hydrogen (secondary N) is 2. The molecule has 11 nitrogen and oxygen atoms in total. The first-order chi connectivity index (χ1) is 14.4. The van der Waals surface area contributed by atoms with Gasteiger partial charge in [-0.1, -0.05) is 0 Å². The van der Waals surface area contributed by atoms with Crippen molar-refractivity contribution in [3.63, 3.8) is 0 Å². The maximum absolute atomic E-state index is 12.2. The topological polar surface area (TPSA) is 136 Å². The van der Waals surface area contributed by atoms with Crippen molar-refractivity contribution in [2.24, 2.45) is 12.8 Å². The molecule has 0 fully saturated rings. The summed E-state index contributed by atoms with van der Waals surface area (Å²) >= 11 is 0. The summed E-state index contributed by atoms with van der Waals surface area (Å²) in [6, 6.07) is 0. The summed E-state index contributed by atoms with van der Waals surface area (Å²) < 4.78 is 1.85. The van der Waals surface area contributed by atoms with Gasteiger partial charge >= 0.3 is 0 Å². The number of rotatable bonds is 5. The summed E-state index contributed by atoms with van der Waals surface area (Å²) in [5, 5.41) is 7.67. The number of carbonyl (C=O) groups is 1. The average Bonchev–Trinajstić information content (AvgIpc) is 3.08.